The molecular formula is C11H20N2O. The highest BCUT2D eigenvalue weighted by Crippen LogP contribution is 2.27. The molecule has 3 heteroatoms. The molecular weight excluding hydrogens is 176 g/mol. The zero-order valence-corrected chi connectivity index (χ0v) is 9.58. The predicted octanol–water partition coefficient (Wildman–Crippen LogP) is 1.65. The average Bonchev–Trinajstić information content (AvgIpc) is 2.46. The molecule has 2 unspecified atom stereocenters. The van der Waals surface area contributed by atoms with Gasteiger partial charge in [0.1, 0.15) is 0 Å². The monoisotopic (exact) mass is 196 g/mol. The van der Waals surface area contributed by atoms with E-state index in [0.29, 0.717) is 6.04 Å². The lowest BCUT2D eigenvalue weighted by molar-refractivity contribution is 0.0334. The van der Waals surface area contributed by atoms with Crippen LogP contribution in [0, 0.1) is 17.2 Å². The van der Waals surface area contributed by atoms with E-state index in [4.69, 9.17) is 10.00 Å². The van der Waals surface area contributed by atoms with Crippen LogP contribution in [-0.2, 0) is 4.74 Å². The molecule has 14 heavy (non-hydrogen) atoms. The second-order valence-corrected chi connectivity index (χ2v) is 4.90. The van der Waals surface area contributed by atoms with Crippen LogP contribution in [0.1, 0.15) is 27.2 Å². The maximum absolute atomic E-state index is 8.72. The van der Waals surface area contributed by atoms with E-state index in [1.54, 1.807) is 0 Å². The molecule has 1 rings (SSSR count). The van der Waals surface area contributed by atoms with Crippen molar-refractivity contribution in [1.29, 1.82) is 5.26 Å². The fourth-order valence-electron chi connectivity index (χ4n) is 1.91. The van der Waals surface area contributed by atoms with E-state index in [0.717, 1.165) is 19.6 Å². The number of rotatable bonds is 3. The highest BCUT2D eigenvalue weighted by molar-refractivity contribution is 4.88. The number of hydrogen-bond acceptors (Lipinski definition) is 3. The van der Waals surface area contributed by atoms with Crippen LogP contribution >= 0.6 is 0 Å². The summed E-state index contributed by atoms with van der Waals surface area (Å²) < 4.78 is 5.66. The van der Waals surface area contributed by atoms with E-state index in [2.05, 4.69) is 31.9 Å². The molecule has 0 saturated carbocycles. The van der Waals surface area contributed by atoms with Crippen LogP contribution in [0.15, 0.2) is 0 Å². The third-order valence-electron chi connectivity index (χ3n) is 2.80. The van der Waals surface area contributed by atoms with Gasteiger partial charge < -0.3 is 4.74 Å². The SMILES string of the molecule is CC(C#N)CN(C)C1COC(C)(C)C1. The summed E-state index contributed by atoms with van der Waals surface area (Å²) >= 11 is 0. The number of likely N-dealkylation sites (N-methyl/N-ethyl adjacent to an activating group) is 1. The van der Waals surface area contributed by atoms with Gasteiger partial charge >= 0.3 is 0 Å². The standard InChI is InChI=1S/C11H20N2O/c1-9(6-12)7-13(4)10-5-11(2,3)14-8-10/h9-10H,5,7-8H2,1-4H3. The van der Waals surface area contributed by atoms with E-state index in [9.17, 15) is 0 Å². The molecule has 0 aromatic rings. The van der Waals surface area contributed by atoms with Crippen molar-refractivity contribution in [3.05, 3.63) is 0 Å². The van der Waals surface area contributed by atoms with Gasteiger partial charge in [-0.3, -0.25) is 4.90 Å². The zero-order valence-electron chi connectivity index (χ0n) is 9.58. The maximum Gasteiger partial charge on any atom is 0.0666 e. The molecule has 0 aromatic heterocycles. The Bertz CT molecular complexity index is 232. The predicted molar refractivity (Wildman–Crippen MR) is 55.8 cm³/mol. The molecule has 1 heterocycles. The van der Waals surface area contributed by atoms with Gasteiger partial charge in [0, 0.05) is 12.6 Å². The topological polar surface area (TPSA) is 36.3 Å². The van der Waals surface area contributed by atoms with Gasteiger partial charge in [-0.25, -0.2) is 0 Å². The first-order chi connectivity index (χ1) is 6.44. The largest absolute Gasteiger partial charge is 0.374 e. The Hall–Kier alpha value is -0.590. The average molecular weight is 196 g/mol. The second-order valence-electron chi connectivity index (χ2n) is 4.90. The van der Waals surface area contributed by atoms with Crippen LogP contribution in [0.4, 0.5) is 0 Å². The lowest BCUT2D eigenvalue weighted by atomic mass is 10.0. The molecule has 3 nitrogen and oxygen atoms in total. The summed E-state index contributed by atoms with van der Waals surface area (Å²) in [4.78, 5) is 2.24. The molecule has 1 fully saturated rings. The van der Waals surface area contributed by atoms with Crippen molar-refractivity contribution in [2.24, 2.45) is 5.92 Å². The van der Waals surface area contributed by atoms with Gasteiger partial charge in [0.05, 0.1) is 24.2 Å². The number of nitrogens with zero attached hydrogens (tertiary/aromatic N) is 2. The molecule has 1 saturated heterocycles. The molecule has 80 valence electrons. The Balaban J connectivity index is 2.40. The van der Waals surface area contributed by atoms with Crippen molar-refractivity contribution >= 4 is 0 Å². The van der Waals surface area contributed by atoms with E-state index in [-0.39, 0.29) is 11.5 Å². The number of hydrogen-bond donors (Lipinski definition) is 0. The van der Waals surface area contributed by atoms with Gasteiger partial charge in [0.2, 0.25) is 0 Å². The first-order valence-corrected chi connectivity index (χ1v) is 5.18. The zero-order chi connectivity index (χ0) is 10.8. The Kier molecular flexibility index (Phi) is 3.52. The molecule has 0 aliphatic carbocycles. The first kappa shape index (κ1) is 11.5. The van der Waals surface area contributed by atoms with Crippen molar-refractivity contribution in [2.45, 2.75) is 38.8 Å². The van der Waals surface area contributed by atoms with Crippen LogP contribution < -0.4 is 0 Å². The fourth-order valence-corrected chi connectivity index (χ4v) is 1.91. The third-order valence-corrected chi connectivity index (χ3v) is 2.80. The van der Waals surface area contributed by atoms with E-state index in [1.807, 2.05) is 6.92 Å². The Labute approximate surface area is 86.6 Å². The van der Waals surface area contributed by atoms with Gasteiger partial charge in [0.15, 0.2) is 0 Å². The Morgan fingerprint density at radius 3 is 2.71 bits per heavy atom. The van der Waals surface area contributed by atoms with Gasteiger partial charge in [-0.05, 0) is 34.2 Å². The highest BCUT2D eigenvalue weighted by Gasteiger charge is 2.34. The van der Waals surface area contributed by atoms with Crippen LogP contribution in [0.25, 0.3) is 0 Å². The summed E-state index contributed by atoms with van der Waals surface area (Å²) in [6, 6.07) is 2.73. The van der Waals surface area contributed by atoms with Crippen LogP contribution in [0.3, 0.4) is 0 Å². The molecule has 1 aliphatic rings. The Morgan fingerprint density at radius 2 is 2.29 bits per heavy atom. The smallest absolute Gasteiger partial charge is 0.0666 e. The quantitative estimate of drug-likeness (QED) is 0.688. The summed E-state index contributed by atoms with van der Waals surface area (Å²) in [7, 11) is 2.07. The molecule has 2 atom stereocenters. The minimum Gasteiger partial charge on any atom is -0.374 e. The van der Waals surface area contributed by atoms with Crippen molar-refractivity contribution in [3.63, 3.8) is 0 Å². The van der Waals surface area contributed by atoms with E-state index in [1.165, 1.54) is 0 Å². The van der Waals surface area contributed by atoms with Crippen LogP contribution in [0.2, 0.25) is 0 Å². The summed E-state index contributed by atoms with van der Waals surface area (Å²) in [5, 5.41) is 8.72. The molecule has 0 amide bonds. The molecule has 0 spiro atoms. The molecule has 0 aromatic carbocycles. The minimum absolute atomic E-state index is 0.00874. The van der Waals surface area contributed by atoms with Crippen molar-refractivity contribution in [3.8, 4) is 6.07 Å². The van der Waals surface area contributed by atoms with E-state index >= 15 is 0 Å². The fraction of sp³-hybridized carbons (Fsp3) is 0.909. The minimum atomic E-state index is 0.00874. The summed E-state index contributed by atoms with van der Waals surface area (Å²) in [6.07, 6.45) is 1.06. The van der Waals surface area contributed by atoms with Gasteiger partial charge in [-0.2, -0.15) is 5.26 Å². The summed E-state index contributed by atoms with van der Waals surface area (Å²) in [5.41, 5.74) is 0.00874. The molecule has 0 bridgehead atoms. The number of ether oxygens (including phenoxy) is 1. The second kappa shape index (κ2) is 4.29. The van der Waals surface area contributed by atoms with Gasteiger partial charge in [0.25, 0.3) is 0 Å². The van der Waals surface area contributed by atoms with E-state index < -0.39 is 0 Å². The van der Waals surface area contributed by atoms with Crippen molar-refractivity contribution < 1.29 is 4.74 Å². The lowest BCUT2D eigenvalue weighted by Crippen LogP contribution is -2.35. The van der Waals surface area contributed by atoms with Crippen LogP contribution in [0.5, 0.6) is 0 Å². The summed E-state index contributed by atoms with van der Waals surface area (Å²) in [5.74, 6) is 0.101. The summed E-state index contributed by atoms with van der Waals surface area (Å²) in [6.45, 7) is 7.82. The van der Waals surface area contributed by atoms with Gasteiger partial charge in [-0.1, -0.05) is 0 Å². The highest BCUT2D eigenvalue weighted by atomic mass is 16.5. The first-order valence-electron chi connectivity index (χ1n) is 5.18. The van der Waals surface area contributed by atoms with Crippen molar-refractivity contribution in [2.75, 3.05) is 20.2 Å². The van der Waals surface area contributed by atoms with Crippen molar-refractivity contribution in [1.82, 2.24) is 4.90 Å². The van der Waals surface area contributed by atoms with Gasteiger partial charge in [-0.15, -0.1) is 0 Å². The van der Waals surface area contributed by atoms with Crippen LogP contribution in [-0.4, -0.2) is 36.7 Å². The maximum atomic E-state index is 8.72. The Morgan fingerprint density at radius 1 is 1.64 bits per heavy atom. The molecule has 0 N–H and O–H groups in total. The normalized spacial score (nSPS) is 27.6. The lowest BCUT2D eigenvalue weighted by Gasteiger charge is -2.24. The third kappa shape index (κ3) is 2.97. The molecule has 0 radical (unpaired) electrons. The molecule has 1 aliphatic heterocycles. The number of nitriles is 1.